The summed E-state index contributed by atoms with van der Waals surface area (Å²) in [6, 6.07) is 14.3. The highest BCUT2D eigenvalue weighted by molar-refractivity contribution is 5.93. The summed E-state index contributed by atoms with van der Waals surface area (Å²) in [4.78, 5) is 29.6. The maximum absolute atomic E-state index is 12.7. The van der Waals surface area contributed by atoms with Crippen molar-refractivity contribution in [2.24, 2.45) is 0 Å². The van der Waals surface area contributed by atoms with Gasteiger partial charge in [-0.3, -0.25) is 14.0 Å². The van der Waals surface area contributed by atoms with Crippen LogP contribution < -0.4 is 10.9 Å². The summed E-state index contributed by atoms with van der Waals surface area (Å²) in [5, 5.41) is 3.04. The van der Waals surface area contributed by atoms with E-state index in [1.54, 1.807) is 12.3 Å². The van der Waals surface area contributed by atoms with E-state index in [9.17, 15) is 9.59 Å². The zero-order chi connectivity index (χ0) is 18.8. The van der Waals surface area contributed by atoms with E-state index in [4.69, 9.17) is 0 Å². The van der Waals surface area contributed by atoms with Gasteiger partial charge in [0.05, 0.1) is 0 Å². The second-order valence-electron chi connectivity index (χ2n) is 7.34. The van der Waals surface area contributed by atoms with E-state index in [1.165, 1.54) is 16.2 Å². The number of carbonyl (C=O) groups excluding carboxylic acids is 1. The third-order valence-electron chi connectivity index (χ3n) is 5.43. The first-order chi connectivity index (χ1) is 13.1. The largest absolute Gasteiger partial charge is 0.349 e. The van der Waals surface area contributed by atoms with Gasteiger partial charge in [0.15, 0.2) is 0 Å². The lowest BCUT2D eigenvalue weighted by Crippen LogP contribution is -2.40. The molecule has 1 fully saturated rings. The van der Waals surface area contributed by atoms with E-state index in [-0.39, 0.29) is 23.1 Å². The molecular weight excluding hydrogens is 338 g/mol. The molecule has 1 amide bonds. The number of carbonyl (C=O) groups is 1. The number of nitrogens with one attached hydrogen (secondary N) is 1. The highest BCUT2D eigenvalue weighted by Gasteiger charge is 2.24. The highest BCUT2D eigenvalue weighted by atomic mass is 16.2. The molecule has 0 spiro atoms. The predicted octanol–water partition coefficient (Wildman–Crippen LogP) is 3.46. The van der Waals surface area contributed by atoms with Gasteiger partial charge >= 0.3 is 0 Å². The van der Waals surface area contributed by atoms with Crippen LogP contribution in [0.15, 0.2) is 59.7 Å². The Labute approximate surface area is 158 Å². The molecule has 0 aliphatic heterocycles. The third-order valence-corrected chi connectivity index (χ3v) is 5.43. The summed E-state index contributed by atoms with van der Waals surface area (Å²) < 4.78 is 1.44. The lowest BCUT2D eigenvalue weighted by Gasteiger charge is -2.29. The Morgan fingerprint density at radius 3 is 2.56 bits per heavy atom. The van der Waals surface area contributed by atoms with E-state index in [2.05, 4.69) is 34.6 Å². The van der Waals surface area contributed by atoms with Gasteiger partial charge in [0.1, 0.15) is 11.2 Å². The molecule has 0 unspecified atom stereocenters. The number of aryl methyl sites for hydroxylation is 1. The van der Waals surface area contributed by atoms with E-state index in [1.807, 2.05) is 19.1 Å². The molecule has 3 aromatic rings. The monoisotopic (exact) mass is 361 g/mol. The number of nitrogens with zero attached hydrogens (tertiary/aromatic N) is 2. The number of benzene rings is 1. The molecule has 0 atom stereocenters. The summed E-state index contributed by atoms with van der Waals surface area (Å²) in [6.07, 6.45) is 7.04. The Balaban J connectivity index is 1.45. The van der Waals surface area contributed by atoms with E-state index < -0.39 is 0 Å². The van der Waals surface area contributed by atoms with Crippen LogP contribution in [0.25, 0.3) is 5.65 Å². The Kier molecular flexibility index (Phi) is 4.75. The topological polar surface area (TPSA) is 63.5 Å². The van der Waals surface area contributed by atoms with Crippen LogP contribution >= 0.6 is 0 Å². The van der Waals surface area contributed by atoms with Crippen molar-refractivity contribution in [1.82, 2.24) is 14.7 Å². The average Bonchev–Trinajstić information content (AvgIpc) is 2.70. The standard InChI is InChI=1S/C22H23N3O2/c1-15-7-12-20-23-13-19(22(27)25(20)14-15)21(26)24-18-10-8-17(9-11-18)16-5-3-2-4-6-16/h2-7,12-14,17-18H,8-11H2,1H3,(H,24,26). The van der Waals surface area contributed by atoms with Crippen LogP contribution in [0.4, 0.5) is 0 Å². The molecule has 1 aromatic carbocycles. The number of rotatable bonds is 3. The van der Waals surface area contributed by atoms with Crippen LogP contribution in [0, 0.1) is 6.92 Å². The second kappa shape index (κ2) is 7.35. The first-order valence-corrected chi connectivity index (χ1v) is 9.45. The zero-order valence-electron chi connectivity index (χ0n) is 15.4. The normalized spacial score (nSPS) is 19.7. The van der Waals surface area contributed by atoms with Gasteiger partial charge in [0.2, 0.25) is 0 Å². The summed E-state index contributed by atoms with van der Waals surface area (Å²) in [6.45, 7) is 1.91. The molecule has 0 bridgehead atoms. The average molecular weight is 361 g/mol. The predicted molar refractivity (Wildman–Crippen MR) is 105 cm³/mol. The Bertz CT molecular complexity index is 1020. The summed E-state index contributed by atoms with van der Waals surface area (Å²) in [5.74, 6) is 0.224. The van der Waals surface area contributed by atoms with Crippen molar-refractivity contribution in [3.63, 3.8) is 0 Å². The molecular formula is C22H23N3O2. The number of fused-ring (bicyclic) bond motifs is 1. The fraction of sp³-hybridized carbons (Fsp3) is 0.318. The molecule has 0 radical (unpaired) electrons. The van der Waals surface area contributed by atoms with Crippen LogP contribution in [0.3, 0.4) is 0 Å². The van der Waals surface area contributed by atoms with Crippen molar-refractivity contribution in [2.75, 3.05) is 0 Å². The zero-order valence-corrected chi connectivity index (χ0v) is 15.4. The maximum Gasteiger partial charge on any atom is 0.270 e. The number of hydrogen-bond donors (Lipinski definition) is 1. The Morgan fingerprint density at radius 2 is 1.81 bits per heavy atom. The van der Waals surface area contributed by atoms with Gasteiger partial charge in [-0.15, -0.1) is 0 Å². The van der Waals surface area contributed by atoms with Crippen LogP contribution in [-0.2, 0) is 0 Å². The SMILES string of the molecule is Cc1ccc2ncc(C(=O)NC3CCC(c4ccccc4)CC3)c(=O)n2c1. The molecule has 5 heteroatoms. The molecule has 1 N–H and O–H groups in total. The first kappa shape index (κ1) is 17.5. The van der Waals surface area contributed by atoms with Gasteiger partial charge < -0.3 is 5.32 Å². The first-order valence-electron chi connectivity index (χ1n) is 9.45. The molecule has 27 heavy (non-hydrogen) atoms. The fourth-order valence-corrected chi connectivity index (χ4v) is 3.90. The minimum atomic E-state index is -0.327. The number of pyridine rings is 1. The Morgan fingerprint density at radius 1 is 1.07 bits per heavy atom. The quantitative estimate of drug-likeness (QED) is 0.777. The maximum atomic E-state index is 12.7. The molecule has 4 rings (SSSR count). The summed E-state index contributed by atoms with van der Waals surface area (Å²) >= 11 is 0. The Hall–Kier alpha value is -2.95. The van der Waals surface area contributed by atoms with Crippen molar-refractivity contribution in [3.05, 3.63) is 81.9 Å². The lowest BCUT2D eigenvalue weighted by molar-refractivity contribution is 0.0923. The van der Waals surface area contributed by atoms with Crippen molar-refractivity contribution in [1.29, 1.82) is 0 Å². The lowest BCUT2D eigenvalue weighted by atomic mass is 9.82. The van der Waals surface area contributed by atoms with Gasteiger partial charge in [-0.25, -0.2) is 4.98 Å². The van der Waals surface area contributed by atoms with Gasteiger partial charge in [-0.2, -0.15) is 0 Å². The minimum Gasteiger partial charge on any atom is -0.349 e. The van der Waals surface area contributed by atoms with E-state index in [0.29, 0.717) is 11.6 Å². The highest BCUT2D eigenvalue weighted by Crippen LogP contribution is 2.32. The molecule has 1 saturated carbocycles. The van der Waals surface area contributed by atoms with Crippen LogP contribution in [-0.4, -0.2) is 21.3 Å². The molecule has 1 aliphatic carbocycles. The molecule has 138 valence electrons. The smallest absolute Gasteiger partial charge is 0.270 e. The molecule has 2 aromatic heterocycles. The molecule has 2 heterocycles. The molecule has 5 nitrogen and oxygen atoms in total. The fourth-order valence-electron chi connectivity index (χ4n) is 3.90. The van der Waals surface area contributed by atoms with Crippen LogP contribution in [0.2, 0.25) is 0 Å². The molecule has 1 aliphatic rings. The minimum absolute atomic E-state index is 0.100. The molecule has 0 saturated heterocycles. The third kappa shape index (κ3) is 3.63. The van der Waals surface area contributed by atoms with E-state index in [0.717, 1.165) is 31.2 Å². The van der Waals surface area contributed by atoms with Gasteiger partial charge in [-0.05, 0) is 55.7 Å². The van der Waals surface area contributed by atoms with Crippen LogP contribution in [0.1, 0.15) is 53.1 Å². The second-order valence-corrected chi connectivity index (χ2v) is 7.34. The van der Waals surface area contributed by atoms with Crippen molar-refractivity contribution < 1.29 is 4.79 Å². The summed E-state index contributed by atoms with van der Waals surface area (Å²) in [5.41, 5.74) is 2.64. The number of aromatic nitrogens is 2. The van der Waals surface area contributed by atoms with E-state index >= 15 is 0 Å². The van der Waals surface area contributed by atoms with Crippen molar-refractivity contribution >= 4 is 11.6 Å². The van der Waals surface area contributed by atoms with Crippen LogP contribution in [0.5, 0.6) is 0 Å². The number of hydrogen-bond acceptors (Lipinski definition) is 3. The number of amides is 1. The van der Waals surface area contributed by atoms with Crippen molar-refractivity contribution in [2.45, 2.75) is 44.6 Å². The van der Waals surface area contributed by atoms with Gasteiger partial charge in [0.25, 0.3) is 11.5 Å². The summed E-state index contributed by atoms with van der Waals surface area (Å²) in [7, 11) is 0. The van der Waals surface area contributed by atoms with Gasteiger partial charge in [0, 0.05) is 18.4 Å². The van der Waals surface area contributed by atoms with Crippen molar-refractivity contribution in [3.8, 4) is 0 Å². The van der Waals surface area contributed by atoms with Gasteiger partial charge in [-0.1, -0.05) is 36.4 Å².